The van der Waals surface area contributed by atoms with E-state index in [2.05, 4.69) is 6.92 Å². The topological polar surface area (TPSA) is 18.5 Å². The van der Waals surface area contributed by atoms with E-state index >= 15 is 0 Å². The Balaban J connectivity index is 2.21. The smallest absolute Gasteiger partial charge is 0.0677 e. The van der Waals surface area contributed by atoms with Gasteiger partial charge in [0.25, 0.3) is 0 Å². The Labute approximate surface area is 87.0 Å². The highest BCUT2D eigenvalue weighted by atomic mass is 16.5. The molecule has 4 atom stereocenters. The van der Waals surface area contributed by atoms with Gasteiger partial charge in [0.15, 0.2) is 0 Å². The van der Waals surface area contributed by atoms with Gasteiger partial charge in [-0.2, -0.15) is 0 Å². The summed E-state index contributed by atoms with van der Waals surface area (Å²) in [6.07, 6.45) is 7.30. The molecule has 0 amide bonds. The van der Waals surface area contributed by atoms with E-state index in [4.69, 9.17) is 9.47 Å². The Bertz CT molecular complexity index is 204. The van der Waals surface area contributed by atoms with Crippen molar-refractivity contribution in [3.63, 3.8) is 0 Å². The molecule has 0 aromatic carbocycles. The quantitative estimate of drug-likeness (QED) is 0.679. The van der Waals surface area contributed by atoms with Crippen LogP contribution in [-0.2, 0) is 9.47 Å². The van der Waals surface area contributed by atoms with Gasteiger partial charge in [-0.25, -0.2) is 0 Å². The molecule has 2 rings (SSSR count). The van der Waals surface area contributed by atoms with Crippen LogP contribution in [0.5, 0.6) is 0 Å². The summed E-state index contributed by atoms with van der Waals surface area (Å²) in [6, 6.07) is 0. The van der Waals surface area contributed by atoms with Gasteiger partial charge in [-0.3, -0.25) is 0 Å². The van der Waals surface area contributed by atoms with Crippen LogP contribution in [-0.4, -0.2) is 26.4 Å². The zero-order valence-corrected chi connectivity index (χ0v) is 9.58. The highest BCUT2D eigenvalue weighted by Crippen LogP contribution is 2.54. The summed E-state index contributed by atoms with van der Waals surface area (Å²) in [6.45, 7) is 2.31. The van der Waals surface area contributed by atoms with E-state index in [-0.39, 0.29) is 0 Å². The van der Waals surface area contributed by atoms with Crippen LogP contribution in [0.3, 0.4) is 0 Å². The maximum atomic E-state index is 5.71. The summed E-state index contributed by atoms with van der Waals surface area (Å²) in [7, 11) is 3.72. The van der Waals surface area contributed by atoms with Crippen molar-refractivity contribution >= 4 is 0 Å². The van der Waals surface area contributed by atoms with Crippen molar-refractivity contribution in [2.24, 2.45) is 11.3 Å². The third-order valence-corrected chi connectivity index (χ3v) is 4.44. The zero-order chi connectivity index (χ0) is 10.2. The van der Waals surface area contributed by atoms with E-state index in [0.29, 0.717) is 23.5 Å². The second-order valence-electron chi connectivity index (χ2n) is 5.02. The summed E-state index contributed by atoms with van der Waals surface area (Å²) in [5.74, 6) is 0.704. The van der Waals surface area contributed by atoms with Crippen LogP contribution >= 0.6 is 0 Å². The van der Waals surface area contributed by atoms with Crippen molar-refractivity contribution in [1.29, 1.82) is 0 Å². The summed E-state index contributed by atoms with van der Waals surface area (Å²) in [5, 5.41) is 0. The molecule has 14 heavy (non-hydrogen) atoms. The van der Waals surface area contributed by atoms with Crippen molar-refractivity contribution in [1.82, 2.24) is 0 Å². The molecule has 0 aromatic heterocycles. The average Bonchev–Trinajstić information content (AvgIpc) is 2.73. The van der Waals surface area contributed by atoms with E-state index in [9.17, 15) is 0 Å². The first-order valence-electron chi connectivity index (χ1n) is 5.80. The molecule has 2 fully saturated rings. The average molecular weight is 198 g/mol. The molecule has 0 saturated heterocycles. The number of methoxy groups -OCH3 is 2. The highest BCUT2D eigenvalue weighted by molar-refractivity contribution is 5.04. The fourth-order valence-electron chi connectivity index (χ4n) is 3.85. The first-order chi connectivity index (χ1) is 6.74. The second-order valence-corrected chi connectivity index (χ2v) is 5.02. The van der Waals surface area contributed by atoms with E-state index in [1.165, 1.54) is 32.1 Å². The molecule has 2 aliphatic rings. The minimum atomic E-state index is 0.350. The molecular weight excluding hydrogens is 176 g/mol. The van der Waals surface area contributed by atoms with Crippen LogP contribution in [0.2, 0.25) is 0 Å². The molecule has 0 aromatic rings. The van der Waals surface area contributed by atoms with Crippen molar-refractivity contribution < 1.29 is 9.47 Å². The number of hydrogen-bond acceptors (Lipinski definition) is 2. The summed E-state index contributed by atoms with van der Waals surface area (Å²) >= 11 is 0. The summed E-state index contributed by atoms with van der Waals surface area (Å²) in [4.78, 5) is 0. The molecule has 2 saturated carbocycles. The van der Waals surface area contributed by atoms with Gasteiger partial charge < -0.3 is 9.47 Å². The van der Waals surface area contributed by atoms with Crippen LogP contribution < -0.4 is 0 Å². The largest absolute Gasteiger partial charge is 0.381 e. The van der Waals surface area contributed by atoms with Crippen molar-refractivity contribution in [2.45, 2.75) is 51.2 Å². The van der Waals surface area contributed by atoms with Crippen molar-refractivity contribution in [3.8, 4) is 0 Å². The summed E-state index contributed by atoms with van der Waals surface area (Å²) in [5.41, 5.74) is 0.350. The third kappa shape index (κ3) is 1.31. The normalized spacial score (nSPS) is 47.8. The maximum Gasteiger partial charge on any atom is 0.0677 e. The van der Waals surface area contributed by atoms with E-state index in [1.807, 2.05) is 14.2 Å². The number of hydrogen-bond donors (Lipinski definition) is 0. The standard InChI is InChI=1S/C12H22O2/c1-9-6-8-12(11(9)14-3)7-4-5-10(12)13-2/h9-11H,4-8H2,1-3H3/t9-,10-,11+,12+/m1/s1. The third-order valence-electron chi connectivity index (χ3n) is 4.44. The Morgan fingerprint density at radius 1 is 1.07 bits per heavy atom. The van der Waals surface area contributed by atoms with Crippen LogP contribution in [0.4, 0.5) is 0 Å². The minimum Gasteiger partial charge on any atom is -0.381 e. The lowest BCUT2D eigenvalue weighted by molar-refractivity contribution is -0.0797. The van der Waals surface area contributed by atoms with Crippen LogP contribution in [0.25, 0.3) is 0 Å². The zero-order valence-electron chi connectivity index (χ0n) is 9.58. The van der Waals surface area contributed by atoms with Gasteiger partial charge >= 0.3 is 0 Å². The van der Waals surface area contributed by atoms with Crippen LogP contribution in [0, 0.1) is 11.3 Å². The molecule has 0 bridgehead atoms. The van der Waals surface area contributed by atoms with E-state index in [0.717, 1.165) is 0 Å². The molecule has 2 heteroatoms. The lowest BCUT2D eigenvalue weighted by atomic mass is 9.79. The summed E-state index contributed by atoms with van der Waals surface area (Å²) < 4.78 is 11.4. The number of ether oxygens (including phenoxy) is 2. The lowest BCUT2D eigenvalue weighted by Crippen LogP contribution is -2.41. The second kappa shape index (κ2) is 3.82. The predicted molar refractivity (Wildman–Crippen MR) is 56.3 cm³/mol. The van der Waals surface area contributed by atoms with Gasteiger partial charge in [0.2, 0.25) is 0 Å². The minimum absolute atomic E-state index is 0.350. The van der Waals surface area contributed by atoms with Gasteiger partial charge in [0, 0.05) is 19.6 Å². The SMILES string of the molecule is CO[C@@H]1CCC[C@]12CC[C@@H](C)[C@@H]2OC. The molecule has 82 valence electrons. The fraction of sp³-hybridized carbons (Fsp3) is 1.00. The molecule has 0 unspecified atom stereocenters. The molecule has 2 aliphatic carbocycles. The fourth-order valence-corrected chi connectivity index (χ4v) is 3.85. The van der Waals surface area contributed by atoms with Gasteiger partial charge in [0.05, 0.1) is 12.2 Å². The van der Waals surface area contributed by atoms with Crippen molar-refractivity contribution in [3.05, 3.63) is 0 Å². The molecule has 0 radical (unpaired) electrons. The van der Waals surface area contributed by atoms with Crippen molar-refractivity contribution in [2.75, 3.05) is 14.2 Å². The molecule has 1 spiro atoms. The van der Waals surface area contributed by atoms with E-state index < -0.39 is 0 Å². The maximum absolute atomic E-state index is 5.71. The molecule has 0 aliphatic heterocycles. The first-order valence-corrected chi connectivity index (χ1v) is 5.80. The van der Waals surface area contributed by atoms with Gasteiger partial charge in [-0.05, 0) is 31.6 Å². The molecule has 0 N–H and O–H groups in total. The highest BCUT2D eigenvalue weighted by Gasteiger charge is 2.54. The lowest BCUT2D eigenvalue weighted by Gasteiger charge is -2.36. The van der Waals surface area contributed by atoms with E-state index in [1.54, 1.807) is 0 Å². The monoisotopic (exact) mass is 198 g/mol. The van der Waals surface area contributed by atoms with Gasteiger partial charge in [-0.1, -0.05) is 13.3 Å². The van der Waals surface area contributed by atoms with Gasteiger partial charge in [0.1, 0.15) is 0 Å². The Morgan fingerprint density at radius 3 is 2.50 bits per heavy atom. The first kappa shape index (κ1) is 10.4. The van der Waals surface area contributed by atoms with Crippen LogP contribution in [0.15, 0.2) is 0 Å². The molecule has 0 heterocycles. The Hall–Kier alpha value is -0.0800. The molecular formula is C12H22O2. The van der Waals surface area contributed by atoms with Gasteiger partial charge in [-0.15, -0.1) is 0 Å². The Morgan fingerprint density at radius 2 is 1.86 bits per heavy atom. The predicted octanol–water partition coefficient (Wildman–Crippen LogP) is 2.62. The Kier molecular flexibility index (Phi) is 2.85. The number of rotatable bonds is 2. The molecule has 2 nitrogen and oxygen atoms in total. The van der Waals surface area contributed by atoms with Crippen LogP contribution in [0.1, 0.15) is 39.0 Å².